The average Bonchev–Trinajstić information content (AvgIpc) is 2.64. The molecule has 1 atom stereocenters. The summed E-state index contributed by atoms with van der Waals surface area (Å²) in [7, 11) is 0. The molecule has 2 amide bonds. The Morgan fingerprint density at radius 3 is 2.50 bits per heavy atom. The summed E-state index contributed by atoms with van der Waals surface area (Å²) < 4.78 is -0.341. The molecule has 0 saturated carbocycles. The molecule has 0 saturated heterocycles. The molecular formula is C21H28N6O2S. The molecule has 1 aliphatic rings. The first-order valence-corrected chi connectivity index (χ1v) is 10.6. The zero-order valence-corrected chi connectivity index (χ0v) is 18.5. The van der Waals surface area contributed by atoms with Crippen LogP contribution in [0.15, 0.2) is 23.2 Å². The number of nitrogens with one attached hydrogen (secondary N) is 2. The number of nitrogens with zero attached hydrogens (tertiary/aromatic N) is 2. The molecule has 8 nitrogen and oxygen atoms in total. The lowest BCUT2D eigenvalue weighted by Gasteiger charge is -2.25. The third kappa shape index (κ3) is 5.09. The molecular weight excluding hydrogens is 400 g/mol. The summed E-state index contributed by atoms with van der Waals surface area (Å²) in [4.78, 5) is 33.8. The minimum atomic E-state index is -0.699. The Morgan fingerprint density at radius 1 is 1.07 bits per heavy atom. The average molecular weight is 429 g/mol. The zero-order chi connectivity index (χ0) is 22.1. The van der Waals surface area contributed by atoms with Crippen LogP contribution in [0, 0.1) is 13.8 Å². The van der Waals surface area contributed by atoms with Gasteiger partial charge in [-0.25, -0.2) is 9.97 Å². The van der Waals surface area contributed by atoms with Crippen LogP contribution in [0.1, 0.15) is 41.8 Å². The number of fused-ring (bicyclic) bond motifs is 5. The smallest absolute Gasteiger partial charge is 0.251 e. The molecule has 0 radical (unpaired) electrons. The van der Waals surface area contributed by atoms with Crippen LogP contribution in [-0.2, 0) is 4.79 Å². The second-order valence-electron chi connectivity index (χ2n) is 8.16. The molecule has 0 spiro atoms. The van der Waals surface area contributed by atoms with E-state index in [4.69, 9.17) is 11.5 Å². The molecule has 2 heterocycles. The molecule has 1 aromatic heterocycles. The summed E-state index contributed by atoms with van der Waals surface area (Å²) in [5.74, 6) is -0.308. The van der Waals surface area contributed by atoms with Crippen LogP contribution in [0.5, 0.6) is 0 Å². The summed E-state index contributed by atoms with van der Waals surface area (Å²) in [6, 6.07) is 4.96. The lowest BCUT2D eigenvalue weighted by Crippen LogP contribution is -2.46. The van der Waals surface area contributed by atoms with Crippen LogP contribution < -0.4 is 22.1 Å². The maximum Gasteiger partial charge on any atom is 0.251 e. The van der Waals surface area contributed by atoms with Crippen molar-refractivity contribution in [3.63, 3.8) is 0 Å². The van der Waals surface area contributed by atoms with Gasteiger partial charge in [0.25, 0.3) is 5.91 Å². The van der Waals surface area contributed by atoms with Gasteiger partial charge in [0.05, 0.1) is 11.7 Å². The maximum atomic E-state index is 12.8. The number of hydrogen-bond donors (Lipinski definition) is 4. The van der Waals surface area contributed by atoms with E-state index in [9.17, 15) is 9.59 Å². The molecule has 160 valence electrons. The number of amides is 2. The normalized spacial score (nSPS) is 19.7. The van der Waals surface area contributed by atoms with Crippen molar-refractivity contribution in [2.24, 2.45) is 5.73 Å². The van der Waals surface area contributed by atoms with Crippen molar-refractivity contribution in [2.45, 2.75) is 49.9 Å². The SMILES string of the molecule is Cc1cc(C)c2cc1C(=O)NCCC(N)C(=O)NCC(C)(C)Sc1cc-2nc(N)n1. The van der Waals surface area contributed by atoms with Crippen molar-refractivity contribution >= 4 is 29.5 Å². The highest BCUT2D eigenvalue weighted by molar-refractivity contribution is 8.00. The van der Waals surface area contributed by atoms with Crippen molar-refractivity contribution in [3.05, 3.63) is 34.9 Å². The van der Waals surface area contributed by atoms with E-state index in [1.54, 1.807) is 0 Å². The van der Waals surface area contributed by atoms with Gasteiger partial charge in [-0.05, 0) is 57.4 Å². The van der Waals surface area contributed by atoms with Crippen molar-refractivity contribution in [2.75, 3.05) is 18.8 Å². The molecule has 1 unspecified atom stereocenters. The van der Waals surface area contributed by atoms with E-state index < -0.39 is 6.04 Å². The number of benzene rings is 1. The second-order valence-corrected chi connectivity index (χ2v) is 9.89. The molecule has 0 aliphatic carbocycles. The summed E-state index contributed by atoms with van der Waals surface area (Å²) in [5, 5.41) is 6.44. The van der Waals surface area contributed by atoms with Crippen LogP contribution in [0.4, 0.5) is 5.95 Å². The minimum Gasteiger partial charge on any atom is -0.368 e. The Balaban J connectivity index is 2.10. The number of hydrogen-bond acceptors (Lipinski definition) is 7. The van der Waals surface area contributed by atoms with E-state index in [0.717, 1.165) is 16.7 Å². The number of carbonyl (C=O) groups is 2. The van der Waals surface area contributed by atoms with E-state index in [-0.39, 0.29) is 22.5 Å². The summed E-state index contributed by atoms with van der Waals surface area (Å²) in [6.45, 7) is 8.61. The monoisotopic (exact) mass is 428 g/mol. The van der Waals surface area contributed by atoms with Crippen LogP contribution in [0.25, 0.3) is 11.3 Å². The van der Waals surface area contributed by atoms with Crippen molar-refractivity contribution in [3.8, 4) is 11.3 Å². The molecule has 3 rings (SSSR count). The van der Waals surface area contributed by atoms with Gasteiger partial charge in [0.1, 0.15) is 5.03 Å². The van der Waals surface area contributed by atoms with Crippen LogP contribution in [-0.4, -0.2) is 45.7 Å². The first-order chi connectivity index (χ1) is 14.1. The standard InChI is InChI=1S/C21H28N6O2S/c1-11-7-12(2)14-8-13(11)16-9-17(27-20(23)26-16)30-21(3,4)10-25-19(29)15(22)5-6-24-18(14)28/h7-9,15H,5-6,10,22H2,1-4H3,(H,24,28)(H,25,29)(H2,23,26,27). The predicted octanol–water partition coefficient (Wildman–Crippen LogP) is 1.79. The fourth-order valence-electron chi connectivity index (χ4n) is 3.32. The predicted molar refractivity (Wildman–Crippen MR) is 119 cm³/mol. The quantitative estimate of drug-likeness (QED) is 0.470. The van der Waals surface area contributed by atoms with E-state index in [1.807, 2.05) is 45.9 Å². The summed E-state index contributed by atoms with van der Waals surface area (Å²) in [6.07, 6.45) is 0.349. The zero-order valence-electron chi connectivity index (χ0n) is 17.7. The number of nitrogens with two attached hydrogens (primary N) is 2. The number of rotatable bonds is 0. The third-order valence-corrected chi connectivity index (χ3v) is 6.07. The van der Waals surface area contributed by atoms with Crippen molar-refractivity contribution in [1.29, 1.82) is 0 Å². The molecule has 6 N–H and O–H groups in total. The van der Waals surface area contributed by atoms with Gasteiger partial charge in [-0.1, -0.05) is 17.8 Å². The number of aromatic nitrogens is 2. The van der Waals surface area contributed by atoms with Crippen LogP contribution in [0.2, 0.25) is 0 Å². The topological polar surface area (TPSA) is 136 Å². The molecule has 1 aromatic carbocycles. The highest BCUT2D eigenvalue weighted by Crippen LogP contribution is 2.34. The molecule has 9 heteroatoms. The molecule has 0 fully saturated rings. The highest BCUT2D eigenvalue weighted by atomic mass is 32.2. The van der Waals surface area contributed by atoms with Crippen molar-refractivity contribution < 1.29 is 9.59 Å². The molecule has 1 aliphatic heterocycles. The summed E-state index contributed by atoms with van der Waals surface area (Å²) in [5.41, 5.74) is 15.9. The van der Waals surface area contributed by atoms with Gasteiger partial charge < -0.3 is 22.1 Å². The Kier molecular flexibility index (Phi) is 6.33. The van der Waals surface area contributed by atoms with Gasteiger partial charge in [0.2, 0.25) is 11.9 Å². The van der Waals surface area contributed by atoms with Gasteiger partial charge in [-0.2, -0.15) is 0 Å². The van der Waals surface area contributed by atoms with E-state index in [1.165, 1.54) is 11.8 Å². The Labute approximate surface area is 180 Å². The number of thioether (sulfide) groups is 1. The number of anilines is 1. The first-order valence-electron chi connectivity index (χ1n) is 9.82. The van der Waals surface area contributed by atoms with E-state index in [2.05, 4.69) is 20.6 Å². The largest absolute Gasteiger partial charge is 0.368 e. The molecule has 4 bridgehead atoms. The number of nitrogen functional groups attached to an aromatic ring is 1. The van der Waals surface area contributed by atoms with Crippen LogP contribution >= 0.6 is 11.8 Å². The Morgan fingerprint density at radius 2 is 1.77 bits per heavy atom. The lowest BCUT2D eigenvalue weighted by atomic mass is 9.97. The minimum absolute atomic E-state index is 0.156. The molecule has 2 aromatic rings. The van der Waals surface area contributed by atoms with Gasteiger partial charge >= 0.3 is 0 Å². The lowest BCUT2D eigenvalue weighted by molar-refractivity contribution is -0.122. The first kappa shape index (κ1) is 22.0. The second kappa shape index (κ2) is 8.61. The van der Waals surface area contributed by atoms with Gasteiger partial charge in [-0.3, -0.25) is 9.59 Å². The van der Waals surface area contributed by atoms with E-state index in [0.29, 0.717) is 35.8 Å². The van der Waals surface area contributed by atoms with Crippen LogP contribution in [0.3, 0.4) is 0 Å². The van der Waals surface area contributed by atoms with E-state index >= 15 is 0 Å². The van der Waals surface area contributed by atoms with Gasteiger partial charge in [0.15, 0.2) is 0 Å². The maximum absolute atomic E-state index is 12.8. The Bertz CT molecular complexity index is 992. The third-order valence-electron chi connectivity index (χ3n) is 4.96. The Hall–Kier alpha value is -2.65. The molecule has 30 heavy (non-hydrogen) atoms. The van der Waals surface area contributed by atoms with Gasteiger partial charge in [0, 0.05) is 29.0 Å². The number of aryl methyl sites for hydroxylation is 2. The number of carbonyl (C=O) groups excluding carboxylic acids is 2. The van der Waals surface area contributed by atoms with Crippen molar-refractivity contribution in [1.82, 2.24) is 20.6 Å². The van der Waals surface area contributed by atoms with Gasteiger partial charge in [-0.15, -0.1) is 0 Å². The fraction of sp³-hybridized carbons (Fsp3) is 0.429. The highest BCUT2D eigenvalue weighted by Gasteiger charge is 2.25. The summed E-state index contributed by atoms with van der Waals surface area (Å²) >= 11 is 1.50. The fourth-order valence-corrected chi connectivity index (χ4v) is 4.34.